The molecule has 2 aromatic rings. The van der Waals surface area contributed by atoms with Gasteiger partial charge in [0.15, 0.2) is 0 Å². The molecule has 8 heteroatoms. The van der Waals surface area contributed by atoms with E-state index >= 15 is 0 Å². The van der Waals surface area contributed by atoms with Crippen LogP contribution < -0.4 is 0 Å². The van der Waals surface area contributed by atoms with Gasteiger partial charge in [-0.2, -0.15) is 0 Å². The van der Waals surface area contributed by atoms with Gasteiger partial charge in [0.1, 0.15) is 0 Å². The third-order valence-corrected chi connectivity index (χ3v) is 4.71. The lowest BCUT2D eigenvalue weighted by atomic mass is 10.1. The molecule has 1 saturated heterocycles. The molecule has 0 atom stereocenters. The van der Waals surface area contributed by atoms with Gasteiger partial charge in [0.05, 0.1) is 11.3 Å². The molecule has 0 bridgehead atoms. The molecule has 8 nitrogen and oxygen atoms in total. The third-order valence-electron chi connectivity index (χ3n) is 4.71. The second-order valence-corrected chi connectivity index (χ2v) is 6.38. The Morgan fingerprint density at radius 1 is 1.07 bits per heavy atom. The quantitative estimate of drug-likeness (QED) is 0.606. The number of carbonyl (C=O) groups is 2. The Kier molecular flexibility index (Phi) is 5.44. The Labute approximate surface area is 156 Å². The first kappa shape index (κ1) is 18.5. The zero-order valence-corrected chi connectivity index (χ0v) is 15.0. The Morgan fingerprint density at radius 2 is 1.78 bits per heavy atom. The first-order chi connectivity index (χ1) is 13.0. The predicted octanol–water partition coefficient (Wildman–Crippen LogP) is 1.83. The first-order valence-corrected chi connectivity index (χ1v) is 8.68. The minimum atomic E-state index is -0.486. The van der Waals surface area contributed by atoms with E-state index in [2.05, 4.69) is 4.98 Å². The van der Waals surface area contributed by atoms with Crippen molar-refractivity contribution in [2.45, 2.75) is 13.3 Å². The number of benzene rings is 1. The fourth-order valence-electron chi connectivity index (χ4n) is 3.15. The number of nitro groups is 1. The van der Waals surface area contributed by atoms with Crippen LogP contribution in [0.1, 0.15) is 21.6 Å². The zero-order chi connectivity index (χ0) is 19.4. The normalized spacial score (nSPS) is 14.1. The molecule has 1 aromatic heterocycles. The van der Waals surface area contributed by atoms with Gasteiger partial charge in [-0.1, -0.05) is 12.1 Å². The number of aromatic nitrogens is 1. The van der Waals surface area contributed by atoms with Crippen LogP contribution in [-0.4, -0.2) is 57.7 Å². The third kappa shape index (κ3) is 4.11. The molecule has 140 valence electrons. The molecule has 1 aromatic carbocycles. The first-order valence-electron chi connectivity index (χ1n) is 8.68. The maximum absolute atomic E-state index is 12.8. The maximum Gasteiger partial charge on any atom is 0.273 e. The summed E-state index contributed by atoms with van der Waals surface area (Å²) in [5, 5.41) is 11.1. The van der Waals surface area contributed by atoms with E-state index in [4.69, 9.17) is 0 Å². The van der Waals surface area contributed by atoms with E-state index in [1.165, 1.54) is 12.1 Å². The van der Waals surface area contributed by atoms with Crippen LogP contribution in [0.15, 0.2) is 42.6 Å². The van der Waals surface area contributed by atoms with Crippen molar-refractivity contribution in [3.8, 4) is 0 Å². The molecule has 3 rings (SSSR count). The predicted molar refractivity (Wildman–Crippen MR) is 98.3 cm³/mol. The fraction of sp³-hybridized carbons (Fsp3) is 0.316. The molecule has 1 fully saturated rings. The number of nitro benzene ring substituents is 1. The Morgan fingerprint density at radius 3 is 2.41 bits per heavy atom. The Balaban J connectivity index is 1.62. The van der Waals surface area contributed by atoms with Crippen LogP contribution in [0.4, 0.5) is 5.69 Å². The molecule has 2 amide bonds. The second-order valence-electron chi connectivity index (χ2n) is 6.38. The molecule has 1 aliphatic heterocycles. The highest BCUT2D eigenvalue weighted by Gasteiger charge is 2.27. The number of nitrogens with zero attached hydrogens (tertiary/aromatic N) is 4. The van der Waals surface area contributed by atoms with E-state index in [1.807, 2.05) is 12.1 Å². The Bertz CT molecular complexity index is 861. The Hall–Kier alpha value is -3.29. The number of piperazine rings is 1. The highest BCUT2D eigenvalue weighted by molar-refractivity contribution is 5.96. The van der Waals surface area contributed by atoms with Gasteiger partial charge >= 0.3 is 0 Å². The molecule has 1 aliphatic rings. The number of carbonyl (C=O) groups excluding carboxylic acids is 2. The van der Waals surface area contributed by atoms with Crippen LogP contribution in [0, 0.1) is 17.0 Å². The summed E-state index contributed by atoms with van der Waals surface area (Å²) in [7, 11) is 0. The van der Waals surface area contributed by atoms with Gasteiger partial charge in [-0.25, -0.2) is 0 Å². The largest absolute Gasteiger partial charge is 0.339 e. The molecule has 2 heterocycles. The molecule has 0 saturated carbocycles. The van der Waals surface area contributed by atoms with E-state index in [9.17, 15) is 19.7 Å². The van der Waals surface area contributed by atoms with Crippen molar-refractivity contribution in [1.29, 1.82) is 0 Å². The maximum atomic E-state index is 12.8. The number of hydrogen-bond acceptors (Lipinski definition) is 5. The second kappa shape index (κ2) is 7.94. The molecule has 0 unspecified atom stereocenters. The van der Waals surface area contributed by atoms with Crippen LogP contribution in [-0.2, 0) is 11.2 Å². The van der Waals surface area contributed by atoms with Gasteiger partial charge in [-0.15, -0.1) is 0 Å². The zero-order valence-electron chi connectivity index (χ0n) is 15.0. The van der Waals surface area contributed by atoms with Crippen LogP contribution in [0.2, 0.25) is 0 Å². The average Bonchev–Trinajstić information content (AvgIpc) is 2.68. The number of rotatable bonds is 4. The minimum Gasteiger partial charge on any atom is -0.339 e. The van der Waals surface area contributed by atoms with E-state index in [-0.39, 0.29) is 23.9 Å². The summed E-state index contributed by atoms with van der Waals surface area (Å²) in [6, 6.07) is 9.96. The molecule has 0 radical (unpaired) electrons. The van der Waals surface area contributed by atoms with Crippen molar-refractivity contribution >= 4 is 17.5 Å². The summed E-state index contributed by atoms with van der Waals surface area (Å²) in [5.74, 6) is -0.264. The van der Waals surface area contributed by atoms with Crippen molar-refractivity contribution < 1.29 is 14.5 Å². The standard InChI is InChI=1S/C19H20N4O4/c1-14-16(6-4-7-17(14)23(26)27)19(25)22-11-9-21(10-12-22)18(24)13-15-5-2-3-8-20-15/h2-8H,9-13H2,1H3. The van der Waals surface area contributed by atoms with Gasteiger partial charge in [0.2, 0.25) is 5.91 Å². The van der Waals surface area contributed by atoms with Crippen molar-refractivity contribution in [3.63, 3.8) is 0 Å². The summed E-state index contributed by atoms with van der Waals surface area (Å²) >= 11 is 0. The molecular formula is C19H20N4O4. The lowest BCUT2D eigenvalue weighted by molar-refractivity contribution is -0.385. The summed E-state index contributed by atoms with van der Waals surface area (Å²) in [4.78, 5) is 43.3. The number of hydrogen-bond donors (Lipinski definition) is 0. The van der Waals surface area contributed by atoms with Crippen molar-refractivity contribution in [2.24, 2.45) is 0 Å². The number of pyridine rings is 1. The topological polar surface area (TPSA) is 96.7 Å². The van der Waals surface area contributed by atoms with Crippen LogP contribution in [0.3, 0.4) is 0 Å². The van der Waals surface area contributed by atoms with Gasteiger partial charge < -0.3 is 9.80 Å². The SMILES string of the molecule is Cc1c(C(=O)N2CCN(C(=O)Cc3ccccn3)CC2)cccc1[N+](=O)[O-]. The number of amides is 2. The van der Waals surface area contributed by atoms with E-state index in [1.54, 1.807) is 35.1 Å². The highest BCUT2D eigenvalue weighted by atomic mass is 16.6. The van der Waals surface area contributed by atoms with Gasteiger partial charge in [-0.3, -0.25) is 24.7 Å². The summed E-state index contributed by atoms with van der Waals surface area (Å²) < 4.78 is 0. The summed E-state index contributed by atoms with van der Waals surface area (Å²) in [6.45, 7) is 3.25. The molecule has 27 heavy (non-hydrogen) atoms. The summed E-state index contributed by atoms with van der Waals surface area (Å²) in [5.41, 5.74) is 1.34. The van der Waals surface area contributed by atoms with Gasteiger partial charge in [0.25, 0.3) is 11.6 Å². The molecule has 0 N–H and O–H groups in total. The molecule has 0 aliphatic carbocycles. The van der Waals surface area contributed by atoms with Crippen molar-refractivity contribution in [2.75, 3.05) is 26.2 Å². The lowest BCUT2D eigenvalue weighted by Crippen LogP contribution is -2.51. The van der Waals surface area contributed by atoms with Crippen LogP contribution >= 0.6 is 0 Å². The van der Waals surface area contributed by atoms with Crippen LogP contribution in [0.25, 0.3) is 0 Å². The average molecular weight is 368 g/mol. The van der Waals surface area contributed by atoms with E-state index in [0.717, 1.165) is 0 Å². The van der Waals surface area contributed by atoms with Gasteiger partial charge in [0, 0.05) is 55.3 Å². The van der Waals surface area contributed by atoms with Crippen molar-refractivity contribution in [1.82, 2.24) is 14.8 Å². The van der Waals surface area contributed by atoms with E-state index < -0.39 is 4.92 Å². The highest BCUT2D eigenvalue weighted by Crippen LogP contribution is 2.22. The monoisotopic (exact) mass is 368 g/mol. The van der Waals surface area contributed by atoms with Crippen molar-refractivity contribution in [3.05, 3.63) is 69.5 Å². The summed E-state index contributed by atoms with van der Waals surface area (Å²) in [6.07, 6.45) is 1.89. The lowest BCUT2D eigenvalue weighted by Gasteiger charge is -2.35. The smallest absolute Gasteiger partial charge is 0.273 e. The van der Waals surface area contributed by atoms with E-state index in [0.29, 0.717) is 43.0 Å². The van der Waals surface area contributed by atoms with Crippen LogP contribution in [0.5, 0.6) is 0 Å². The van der Waals surface area contributed by atoms with Gasteiger partial charge in [-0.05, 0) is 25.1 Å². The molecular weight excluding hydrogens is 348 g/mol. The molecule has 0 spiro atoms. The fourth-order valence-corrected chi connectivity index (χ4v) is 3.15. The minimum absolute atomic E-state index is 0.0210.